The summed E-state index contributed by atoms with van der Waals surface area (Å²) >= 11 is 6.24. The molecule has 4 heteroatoms. The van der Waals surface area contributed by atoms with Crippen LogP contribution in [0.5, 0.6) is 0 Å². The summed E-state index contributed by atoms with van der Waals surface area (Å²) in [6.45, 7) is 2.08. The highest BCUT2D eigenvalue weighted by Gasteiger charge is 2.35. The van der Waals surface area contributed by atoms with Crippen LogP contribution in [0.4, 0.5) is 5.69 Å². The van der Waals surface area contributed by atoms with Gasteiger partial charge in [-0.2, -0.15) is 0 Å². The molecule has 0 bridgehead atoms. The number of hydrogen-bond donors (Lipinski definition) is 0. The predicted molar refractivity (Wildman–Crippen MR) is 126 cm³/mol. The molecule has 0 saturated heterocycles. The molecule has 0 atom stereocenters. The van der Waals surface area contributed by atoms with Gasteiger partial charge >= 0.3 is 0 Å². The number of rotatable bonds is 3. The third-order valence-corrected chi connectivity index (χ3v) is 6.24. The highest BCUT2D eigenvalue weighted by Crippen LogP contribution is 2.38. The summed E-state index contributed by atoms with van der Waals surface area (Å²) in [6.07, 6.45) is 6.00. The normalized spacial score (nSPS) is 16.0. The number of anilines is 1. The number of fused-ring (bicyclic) bond motifs is 2. The molecule has 0 radical (unpaired) electrons. The Hall–Kier alpha value is -3.17. The third-order valence-electron chi connectivity index (χ3n) is 6.00. The number of amides is 1. The summed E-state index contributed by atoms with van der Waals surface area (Å²) in [5, 5.41) is 0.652. The van der Waals surface area contributed by atoms with Crippen molar-refractivity contribution in [1.82, 2.24) is 0 Å². The number of Topliss-reactive ketones (excluding diaryl/α,β-unsaturated/α-hetero) is 1. The Morgan fingerprint density at radius 2 is 1.71 bits per heavy atom. The standard InChI is InChI=1S/C27H22ClNO2/c1-17(30)24-4-2-3-5-25(24)20-10-6-18-7-11-21-15-23(28)12-13-26(21)29(16-22(18)14-20)27(31)19-8-9-19/h2-7,10-15,19H,8-9,16H2,1H3/b11-7-. The maximum absolute atomic E-state index is 13.2. The minimum absolute atomic E-state index is 0.0404. The Kier molecular flexibility index (Phi) is 4.99. The molecule has 1 aliphatic heterocycles. The molecule has 1 aliphatic carbocycles. The van der Waals surface area contributed by atoms with Crippen molar-refractivity contribution in [3.8, 4) is 11.1 Å². The molecule has 3 aromatic rings. The van der Waals surface area contributed by atoms with E-state index in [1.807, 2.05) is 59.5 Å². The first-order chi connectivity index (χ1) is 15.0. The number of carbonyl (C=O) groups excluding carboxylic acids is 2. The van der Waals surface area contributed by atoms with Gasteiger partial charge in [0.1, 0.15) is 0 Å². The van der Waals surface area contributed by atoms with Crippen LogP contribution >= 0.6 is 11.6 Å². The fourth-order valence-corrected chi connectivity index (χ4v) is 4.38. The third kappa shape index (κ3) is 3.82. The van der Waals surface area contributed by atoms with Crippen molar-refractivity contribution < 1.29 is 9.59 Å². The summed E-state index contributed by atoms with van der Waals surface area (Å²) < 4.78 is 0. The van der Waals surface area contributed by atoms with Gasteiger partial charge in [0.05, 0.1) is 12.2 Å². The van der Waals surface area contributed by atoms with Crippen molar-refractivity contribution in [3.63, 3.8) is 0 Å². The van der Waals surface area contributed by atoms with Gasteiger partial charge in [0.25, 0.3) is 0 Å². The number of halogens is 1. The molecule has 31 heavy (non-hydrogen) atoms. The molecule has 1 fully saturated rings. The highest BCUT2D eigenvalue weighted by atomic mass is 35.5. The molecule has 1 heterocycles. The van der Waals surface area contributed by atoms with E-state index in [1.54, 1.807) is 6.92 Å². The van der Waals surface area contributed by atoms with Gasteiger partial charge in [0.15, 0.2) is 5.78 Å². The van der Waals surface area contributed by atoms with Crippen LogP contribution in [0.1, 0.15) is 46.8 Å². The number of carbonyl (C=O) groups is 2. The minimum atomic E-state index is 0.0404. The predicted octanol–water partition coefficient (Wildman–Crippen LogP) is 6.64. The Balaban J connectivity index is 1.63. The fraction of sp³-hybridized carbons (Fsp3) is 0.185. The molecule has 0 spiro atoms. The van der Waals surface area contributed by atoms with Gasteiger partial charge in [-0.3, -0.25) is 9.59 Å². The molecule has 2 aliphatic rings. The zero-order chi connectivity index (χ0) is 21.5. The largest absolute Gasteiger partial charge is 0.307 e. The van der Waals surface area contributed by atoms with E-state index in [0.717, 1.165) is 46.3 Å². The van der Waals surface area contributed by atoms with E-state index in [0.29, 0.717) is 17.1 Å². The van der Waals surface area contributed by atoms with Gasteiger partial charge in [0, 0.05) is 16.5 Å². The summed E-state index contributed by atoms with van der Waals surface area (Å²) in [6, 6.07) is 19.5. The van der Waals surface area contributed by atoms with Crippen molar-refractivity contribution in [2.24, 2.45) is 5.92 Å². The lowest BCUT2D eigenvalue weighted by Gasteiger charge is -2.27. The van der Waals surface area contributed by atoms with Gasteiger partial charge in [-0.15, -0.1) is 0 Å². The van der Waals surface area contributed by atoms with Crippen molar-refractivity contribution in [2.75, 3.05) is 4.90 Å². The van der Waals surface area contributed by atoms with Crippen molar-refractivity contribution in [2.45, 2.75) is 26.3 Å². The monoisotopic (exact) mass is 427 g/mol. The van der Waals surface area contributed by atoms with Gasteiger partial charge in [0.2, 0.25) is 5.91 Å². The summed E-state index contributed by atoms with van der Waals surface area (Å²) in [5.41, 5.74) is 6.54. The van der Waals surface area contributed by atoms with Crippen LogP contribution in [0, 0.1) is 5.92 Å². The van der Waals surface area contributed by atoms with Crippen LogP contribution in [-0.4, -0.2) is 11.7 Å². The molecular formula is C27H22ClNO2. The molecule has 3 nitrogen and oxygen atoms in total. The first kappa shape index (κ1) is 19.8. The van der Waals surface area contributed by atoms with Crippen LogP contribution in [0.3, 0.4) is 0 Å². The SMILES string of the molecule is CC(=O)c1ccccc1-c1ccc2c(c1)CN(C(=O)C1CC1)c1ccc(Cl)cc1/C=C\2. The maximum Gasteiger partial charge on any atom is 0.230 e. The summed E-state index contributed by atoms with van der Waals surface area (Å²) in [5.74, 6) is 0.315. The lowest BCUT2D eigenvalue weighted by Crippen LogP contribution is -2.32. The number of benzene rings is 3. The van der Waals surface area contributed by atoms with E-state index in [2.05, 4.69) is 18.2 Å². The van der Waals surface area contributed by atoms with E-state index >= 15 is 0 Å². The Bertz CT molecular complexity index is 1240. The Labute approximate surface area is 187 Å². The zero-order valence-electron chi connectivity index (χ0n) is 17.3. The minimum Gasteiger partial charge on any atom is -0.307 e. The first-order valence-corrected chi connectivity index (χ1v) is 10.9. The number of nitrogens with zero attached hydrogens (tertiary/aromatic N) is 1. The quantitative estimate of drug-likeness (QED) is 0.439. The van der Waals surface area contributed by atoms with Crippen LogP contribution in [0.25, 0.3) is 23.3 Å². The van der Waals surface area contributed by atoms with Crippen molar-refractivity contribution >= 4 is 41.1 Å². The Morgan fingerprint density at radius 1 is 0.935 bits per heavy atom. The van der Waals surface area contributed by atoms with Crippen LogP contribution in [0.2, 0.25) is 5.02 Å². The lowest BCUT2D eigenvalue weighted by molar-refractivity contribution is -0.119. The topological polar surface area (TPSA) is 37.4 Å². The van der Waals surface area contributed by atoms with Gasteiger partial charge in [-0.05, 0) is 71.8 Å². The average molecular weight is 428 g/mol. The fourth-order valence-electron chi connectivity index (χ4n) is 4.20. The van der Waals surface area contributed by atoms with Crippen molar-refractivity contribution in [3.05, 3.63) is 87.9 Å². The van der Waals surface area contributed by atoms with E-state index in [1.165, 1.54) is 0 Å². The second kappa shape index (κ2) is 7.82. The average Bonchev–Trinajstić information content (AvgIpc) is 3.60. The molecule has 0 aromatic heterocycles. The van der Waals surface area contributed by atoms with Gasteiger partial charge in [-0.1, -0.05) is 60.2 Å². The van der Waals surface area contributed by atoms with Crippen LogP contribution < -0.4 is 4.90 Å². The Morgan fingerprint density at radius 3 is 2.48 bits per heavy atom. The second-order valence-electron chi connectivity index (χ2n) is 8.25. The summed E-state index contributed by atoms with van der Waals surface area (Å²) in [4.78, 5) is 27.2. The van der Waals surface area contributed by atoms with E-state index in [4.69, 9.17) is 11.6 Å². The molecule has 3 aromatic carbocycles. The molecule has 1 saturated carbocycles. The van der Waals surface area contributed by atoms with Crippen LogP contribution in [-0.2, 0) is 11.3 Å². The second-order valence-corrected chi connectivity index (χ2v) is 8.69. The molecule has 1 amide bonds. The number of hydrogen-bond acceptors (Lipinski definition) is 2. The van der Waals surface area contributed by atoms with E-state index in [9.17, 15) is 9.59 Å². The lowest BCUT2D eigenvalue weighted by atomic mass is 9.93. The number of ketones is 1. The van der Waals surface area contributed by atoms with Crippen molar-refractivity contribution in [1.29, 1.82) is 0 Å². The zero-order valence-corrected chi connectivity index (χ0v) is 18.0. The first-order valence-electron chi connectivity index (χ1n) is 10.5. The molecule has 0 unspecified atom stereocenters. The van der Waals surface area contributed by atoms with Crippen LogP contribution in [0.15, 0.2) is 60.7 Å². The molecule has 154 valence electrons. The van der Waals surface area contributed by atoms with E-state index < -0.39 is 0 Å². The maximum atomic E-state index is 13.2. The highest BCUT2D eigenvalue weighted by molar-refractivity contribution is 6.31. The molecule has 5 rings (SSSR count). The molecular weight excluding hydrogens is 406 g/mol. The van der Waals surface area contributed by atoms with Gasteiger partial charge < -0.3 is 4.90 Å². The molecule has 0 N–H and O–H groups in total. The van der Waals surface area contributed by atoms with Gasteiger partial charge in [-0.25, -0.2) is 0 Å². The smallest absolute Gasteiger partial charge is 0.230 e. The van der Waals surface area contributed by atoms with E-state index in [-0.39, 0.29) is 17.6 Å². The summed E-state index contributed by atoms with van der Waals surface area (Å²) in [7, 11) is 0.